The molecule has 3 aromatic rings. The summed E-state index contributed by atoms with van der Waals surface area (Å²) in [4.78, 5) is 56.2. The van der Waals surface area contributed by atoms with Crippen molar-refractivity contribution in [2.45, 2.75) is 18.2 Å². The predicted octanol–water partition coefficient (Wildman–Crippen LogP) is 5.34. The Balaban J connectivity index is 1.50. The van der Waals surface area contributed by atoms with E-state index in [1.807, 2.05) is 0 Å². The maximum atomic E-state index is 13.8. The molecule has 0 bridgehead atoms. The molecule has 0 radical (unpaired) electrons. The van der Waals surface area contributed by atoms with Crippen LogP contribution >= 0.6 is 34.8 Å². The van der Waals surface area contributed by atoms with Crippen LogP contribution in [0.5, 0.6) is 0 Å². The first-order chi connectivity index (χ1) is 17.2. The lowest BCUT2D eigenvalue weighted by Gasteiger charge is -2.27. The molecule has 3 aliphatic rings. The van der Waals surface area contributed by atoms with Crippen LogP contribution in [0.1, 0.15) is 37.9 Å². The summed E-state index contributed by atoms with van der Waals surface area (Å²) in [6, 6.07) is 17.7. The monoisotopic (exact) mass is 539 g/mol. The molecule has 2 aliphatic heterocycles. The van der Waals surface area contributed by atoms with Crippen molar-refractivity contribution < 1.29 is 23.9 Å². The Morgan fingerprint density at radius 3 is 2.03 bits per heavy atom. The highest BCUT2D eigenvalue weighted by Gasteiger charge is 2.74. The molecular formula is C27H16Cl3NO5. The molecule has 2 heterocycles. The van der Waals surface area contributed by atoms with Gasteiger partial charge in [0.25, 0.3) is 0 Å². The minimum absolute atomic E-state index is 0.0384. The van der Waals surface area contributed by atoms with E-state index in [1.54, 1.807) is 48.5 Å². The molecule has 1 aliphatic carbocycles. The Labute approximate surface area is 220 Å². The largest absolute Gasteiger partial charge is 0.349 e. The van der Waals surface area contributed by atoms with Crippen molar-refractivity contribution >= 4 is 58.2 Å². The van der Waals surface area contributed by atoms with Crippen molar-refractivity contribution in [1.29, 1.82) is 0 Å². The van der Waals surface area contributed by atoms with Crippen LogP contribution in [0.3, 0.4) is 0 Å². The highest BCUT2D eigenvalue weighted by atomic mass is 35.5. The highest BCUT2D eigenvalue weighted by molar-refractivity contribution is 6.36. The number of rotatable bonds is 3. The highest BCUT2D eigenvalue weighted by Crippen LogP contribution is 2.58. The quantitative estimate of drug-likeness (QED) is 0.331. The summed E-state index contributed by atoms with van der Waals surface area (Å²) in [5.74, 6) is -4.93. The van der Waals surface area contributed by atoms with E-state index in [0.29, 0.717) is 21.2 Å². The second kappa shape index (κ2) is 8.25. The van der Waals surface area contributed by atoms with Crippen LogP contribution in [0.15, 0.2) is 66.7 Å². The zero-order chi connectivity index (χ0) is 25.4. The maximum Gasteiger partial charge on any atom is 0.237 e. The third kappa shape index (κ3) is 3.15. The topological polar surface area (TPSA) is 80.8 Å². The molecule has 180 valence electrons. The van der Waals surface area contributed by atoms with E-state index in [9.17, 15) is 19.2 Å². The zero-order valence-electron chi connectivity index (χ0n) is 18.4. The molecule has 3 aromatic carbocycles. The molecule has 1 spiro atoms. The fraction of sp³-hybridized carbons (Fsp3) is 0.185. The van der Waals surface area contributed by atoms with E-state index >= 15 is 0 Å². The lowest BCUT2D eigenvalue weighted by Crippen LogP contribution is -2.50. The summed E-state index contributed by atoms with van der Waals surface area (Å²) in [5.41, 5.74) is -0.833. The van der Waals surface area contributed by atoms with Crippen LogP contribution in [0.2, 0.25) is 15.1 Å². The first-order valence-corrected chi connectivity index (χ1v) is 12.3. The van der Waals surface area contributed by atoms with E-state index < -0.39 is 46.9 Å². The Kier molecular flexibility index (Phi) is 5.36. The number of carbonyl (C=O) groups is 4. The maximum absolute atomic E-state index is 13.8. The average Bonchev–Trinajstić information content (AvgIpc) is 3.43. The number of nitrogens with zero attached hydrogens (tertiary/aromatic N) is 1. The van der Waals surface area contributed by atoms with Crippen LogP contribution in [0.25, 0.3) is 0 Å². The van der Waals surface area contributed by atoms with E-state index in [4.69, 9.17) is 39.5 Å². The number of ketones is 2. The van der Waals surface area contributed by atoms with Crippen LogP contribution in [-0.4, -0.2) is 33.9 Å². The smallest absolute Gasteiger partial charge is 0.237 e. The van der Waals surface area contributed by atoms with Gasteiger partial charge in [0.1, 0.15) is 0 Å². The molecular weight excluding hydrogens is 525 g/mol. The van der Waals surface area contributed by atoms with Gasteiger partial charge in [-0.25, -0.2) is 0 Å². The van der Waals surface area contributed by atoms with E-state index in [0.717, 1.165) is 4.90 Å². The molecule has 2 fully saturated rings. The fourth-order valence-electron chi connectivity index (χ4n) is 5.52. The first-order valence-electron chi connectivity index (χ1n) is 11.1. The Morgan fingerprint density at radius 1 is 0.778 bits per heavy atom. The number of benzene rings is 3. The summed E-state index contributed by atoms with van der Waals surface area (Å²) in [6.07, 6.45) is -1.13. The average molecular weight is 541 g/mol. The summed E-state index contributed by atoms with van der Waals surface area (Å²) in [7, 11) is 0. The van der Waals surface area contributed by atoms with Gasteiger partial charge in [0.2, 0.25) is 29.0 Å². The predicted molar refractivity (Wildman–Crippen MR) is 132 cm³/mol. The van der Waals surface area contributed by atoms with Gasteiger partial charge < -0.3 is 4.74 Å². The second-order valence-corrected chi connectivity index (χ2v) is 10.3. The molecule has 2 saturated heterocycles. The van der Waals surface area contributed by atoms with Gasteiger partial charge in [0, 0.05) is 31.8 Å². The number of likely N-dealkylation sites (tertiary alicyclic amines) is 1. The SMILES string of the molecule is O=C1C2C(c3cc(Cl)ccc3Cl)OC3(C(=O)c4ccccc4C3=O)C2C(=O)N1Cc1ccc(Cl)cc1. The van der Waals surface area contributed by atoms with Gasteiger partial charge in [-0.3, -0.25) is 24.1 Å². The van der Waals surface area contributed by atoms with Crippen molar-refractivity contribution in [2.75, 3.05) is 0 Å². The molecule has 3 atom stereocenters. The number of halogens is 3. The number of amides is 2. The van der Waals surface area contributed by atoms with E-state index in [1.165, 1.54) is 18.2 Å². The molecule has 36 heavy (non-hydrogen) atoms. The Morgan fingerprint density at radius 2 is 1.39 bits per heavy atom. The minimum Gasteiger partial charge on any atom is -0.349 e. The van der Waals surface area contributed by atoms with Gasteiger partial charge in [0.05, 0.1) is 24.5 Å². The second-order valence-electron chi connectivity index (χ2n) is 9.04. The van der Waals surface area contributed by atoms with Crippen molar-refractivity contribution in [2.24, 2.45) is 11.8 Å². The number of hydrogen-bond donors (Lipinski definition) is 0. The van der Waals surface area contributed by atoms with Crippen LogP contribution in [-0.2, 0) is 20.9 Å². The van der Waals surface area contributed by atoms with Crippen LogP contribution in [0.4, 0.5) is 0 Å². The summed E-state index contributed by atoms with van der Waals surface area (Å²) >= 11 is 18.6. The number of imide groups is 1. The van der Waals surface area contributed by atoms with E-state index in [2.05, 4.69) is 0 Å². The van der Waals surface area contributed by atoms with E-state index in [-0.39, 0.29) is 22.7 Å². The van der Waals surface area contributed by atoms with Crippen LogP contribution < -0.4 is 0 Å². The number of hydrogen-bond acceptors (Lipinski definition) is 5. The summed E-state index contributed by atoms with van der Waals surface area (Å²) in [6.45, 7) is -0.0384. The molecule has 2 amide bonds. The third-order valence-electron chi connectivity index (χ3n) is 7.13. The molecule has 0 aromatic heterocycles. The normalized spacial score (nSPS) is 24.1. The molecule has 6 nitrogen and oxygen atoms in total. The lowest BCUT2D eigenvalue weighted by atomic mass is 9.77. The zero-order valence-corrected chi connectivity index (χ0v) is 20.7. The fourth-order valence-corrected chi connectivity index (χ4v) is 6.05. The van der Waals surface area contributed by atoms with Crippen molar-refractivity contribution in [3.8, 4) is 0 Å². The Bertz CT molecular complexity index is 1450. The molecule has 0 saturated carbocycles. The van der Waals surface area contributed by atoms with Gasteiger partial charge in [-0.15, -0.1) is 0 Å². The van der Waals surface area contributed by atoms with Crippen molar-refractivity contribution in [3.05, 3.63) is 104 Å². The molecule has 6 rings (SSSR count). The third-order valence-corrected chi connectivity index (χ3v) is 7.96. The standard InChI is InChI=1S/C27H16Cl3NO5/c28-14-7-5-13(6-8-14)12-31-25(34)20-21(26(31)35)27(23(32)16-3-1-2-4-17(16)24(27)33)36-22(20)18-11-15(29)9-10-19(18)30/h1-11,20-22H,12H2. The summed E-state index contributed by atoms with van der Waals surface area (Å²) in [5, 5.41) is 1.09. The number of fused-ring (bicyclic) bond motifs is 3. The van der Waals surface area contributed by atoms with Gasteiger partial charge in [0.15, 0.2) is 0 Å². The van der Waals surface area contributed by atoms with Gasteiger partial charge in [-0.2, -0.15) is 0 Å². The van der Waals surface area contributed by atoms with Crippen molar-refractivity contribution in [1.82, 2.24) is 4.90 Å². The minimum atomic E-state index is -2.16. The van der Waals surface area contributed by atoms with Gasteiger partial charge in [-0.05, 0) is 35.9 Å². The molecule has 0 N–H and O–H groups in total. The summed E-state index contributed by atoms with van der Waals surface area (Å²) < 4.78 is 6.23. The molecule has 9 heteroatoms. The number of ether oxygens (including phenoxy) is 1. The van der Waals surface area contributed by atoms with Crippen LogP contribution in [0, 0.1) is 11.8 Å². The van der Waals surface area contributed by atoms with Gasteiger partial charge >= 0.3 is 0 Å². The molecule has 3 unspecified atom stereocenters. The van der Waals surface area contributed by atoms with Gasteiger partial charge in [-0.1, -0.05) is 71.2 Å². The van der Waals surface area contributed by atoms with Crippen molar-refractivity contribution in [3.63, 3.8) is 0 Å². The first kappa shape index (κ1) is 23.4. The number of carbonyl (C=O) groups excluding carboxylic acids is 4. The lowest BCUT2D eigenvalue weighted by molar-refractivity contribution is -0.145. The Hall–Kier alpha value is -3.03. The number of Topliss-reactive ketones (excluding diaryl/α,β-unsaturated/α-hetero) is 2.